The van der Waals surface area contributed by atoms with Crippen molar-refractivity contribution < 1.29 is 27.6 Å². The van der Waals surface area contributed by atoms with E-state index in [1.54, 1.807) is 19.1 Å². The number of hydrogen-bond acceptors (Lipinski definition) is 9. The zero-order valence-electron chi connectivity index (χ0n) is 19.7. The first-order valence-electron chi connectivity index (χ1n) is 10.3. The zero-order chi connectivity index (χ0) is 26.5. The number of nitrogens with zero attached hydrogens (tertiary/aromatic N) is 2. The maximum absolute atomic E-state index is 12.7. The summed E-state index contributed by atoms with van der Waals surface area (Å²) in [7, 11) is 0.344. The van der Waals surface area contributed by atoms with E-state index >= 15 is 0 Å². The van der Waals surface area contributed by atoms with Gasteiger partial charge in [-0.3, -0.25) is 20.3 Å². The van der Waals surface area contributed by atoms with Crippen LogP contribution in [-0.4, -0.2) is 40.4 Å². The minimum Gasteiger partial charge on any atom is -0.493 e. The molecule has 13 heteroatoms. The van der Waals surface area contributed by atoms with Gasteiger partial charge in [-0.2, -0.15) is 5.10 Å². The van der Waals surface area contributed by atoms with Crippen LogP contribution in [0.1, 0.15) is 12.5 Å². The monoisotopic (exact) mass is 534 g/mol. The molecule has 0 aliphatic carbocycles. The number of hydrazone groups is 1. The van der Waals surface area contributed by atoms with Gasteiger partial charge in [-0.15, -0.1) is 0 Å². The molecule has 0 radical (unpaired) electrons. The van der Waals surface area contributed by atoms with Crippen LogP contribution < -0.4 is 24.4 Å². The van der Waals surface area contributed by atoms with E-state index in [-0.39, 0.29) is 16.3 Å². The van der Waals surface area contributed by atoms with Gasteiger partial charge in [0.1, 0.15) is 5.69 Å². The third-order valence-corrected chi connectivity index (χ3v) is 6.63. The molecule has 11 nitrogen and oxygen atoms in total. The number of anilines is 2. The fraction of sp³-hybridized carbons (Fsp3) is 0.174. The molecule has 3 aromatic carbocycles. The van der Waals surface area contributed by atoms with Crippen molar-refractivity contribution in [3.05, 3.63) is 75.3 Å². The standard InChI is InChI=1S/C23H23ClN4O7S/c1-14(15-11-21(33-2)23(35-4)22(12-15)34-3)25-26-19-10-9-18(13-20(19)28(29)30)36(31,32)27-17-7-5-16(24)6-8-17/h5-13,26-27H,1-4H3. The van der Waals surface area contributed by atoms with Gasteiger partial charge < -0.3 is 14.2 Å². The number of methoxy groups -OCH3 is 3. The highest BCUT2D eigenvalue weighted by Crippen LogP contribution is 2.38. The Morgan fingerprint density at radius 3 is 2.11 bits per heavy atom. The Morgan fingerprint density at radius 2 is 1.58 bits per heavy atom. The second-order valence-electron chi connectivity index (χ2n) is 7.27. The lowest BCUT2D eigenvalue weighted by atomic mass is 10.1. The Hall–Kier alpha value is -4.03. The molecule has 2 N–H and O–H groups in total. The average molecular weight is 535 g/mol. The molecule has 0 aliphatic heterocycles. The molecule has 0 fully saturated rings. The molecule has 3 rings (SSSR count). The fourth-order valence-corrected chi connectivity index (χ4v) is 4.36. The van der Waals surface area contributed by atoms with E-state index < -0.39 is 20.6 Å². The molecule has 0 unspecified atom stereocenters. The van der Waals surface area contributed by atoms with Crippen molar-refractivity contribution >= 4 is 44.4 Å². The number of hydrogen-bond donors (Lipinski definition) is 2. The summed E-state index contributed by atoms with van der Waals surface area (Å²) in [6.07, 6.45) is 0. The van der Waals surface area contributed by atoms with E-state index in [9.17, 15) is 18.5 Å². The summed E-state index contributed by atoms with van der Waals surface area (Å²) in [6, 6.07) is 12.8. The van der Waals surface area contributed by atoms with Crippen LogP contribution >= 0.6 is 11.6 Å². The highest BCUT2D eigenvalue weighted by molar-refractivity contribution is 7.92. The van der Waals surface area contributed by atoms with Gasteiger partial charge in [-0.1, -0.05) is 11.6 Å². The lowest BCUT2D eigenvalue weighted by Crippen LogP contribution is -2.13. The zero-order valence-corrected chi connectivity index (χ0v) is 21.3. The predicted octanol–water partition coefficient (Wildman–Crippen LogP) is 4.91. The number of nitrogens with one attached hydrogen (secondary N) is 2. The van der Waals surface area contributed by atoms with Gasteiger partial charge in [0.2, 0.25) is 5.75 Å². The molecule has 0 atom stereocenters. The summed E-state index contributed by atoms with van der Waals surface area (Å²) in [5.41, 5.74) is 3.47. The van der Waals surface area contributed by atoms with E-state index in [1.807, 2.05) is 0 Å². The smallest absolute Gasteiger partial charge is 0.295 e. The molecule has 0 heterocycles. The third-order valence-electron chi connectivity index (χ3n) is 5.00. The topological polar surface area (TPSA) is 141 Å². The van der Waals surface area contributed by atoms with E-state index in [4.69, 9.17) is 25.8 Å². The van der Waals surface area contributed by atoms with Crippen molar-refractivity contribution in [3.8, 4) is 17.2 Å². The number of halogens is 1. The van der Waals surface area contributed by atoms with Crippen LogP contribution in [0.5, 0.6) is 17.2 Å². The maximum atomic E-state index is 12.7. The molecule has 0 saturated heterocycles. The van der Waals surface area contributed by atoms with Crippen LogP contribution in [0.2, 0.25) is 5.02 Å². The van der Waals surface area contributed by atoms with Gasteiger partial charge in [-0.25, -0.2) is 8.42 Å². The predicted molar refractivity (Wildman–Crippen MR) is 137 cm³/mol. The van der Waals surface area contributed by atoms with Crippen LogP contribution in [0.4, 0.5) is 17.1 Å². The van der Waals surface area contributed by atoms with Crippen LogP contribution in [0.25, 0.3) is 0 Å². The van der Waals surface area contributed by atoms with Crippen molar-refractivity contribution in [1.82, 2.24) is 0 Å². The highest BCUT2D eigenvalue weighted by atomic mass is 35.5. The summed E-state index contributed by atoms with van der Waals surface area (Å²) in [4.78, 5) is 10.7. The first kappa shape index (κ1) is 26.6. The Balaban J connectivity index is 1.91. The number of benzene rings is 3. The maximum Gasteiger partial charge on any atom is 0.295 e. The summed E-state index contributed by atoms with van der Waals surface area (Å²) in [5.74, 6) is 1.23. The number of rotatable bonds is 10. The van der Waals surface area contributed by atoms with Crippen molar-refractivity contribution in [1.29, 1.82) is 0 Å². The fourth-order valence-electron chi connectivity index (χ4n) is 3.15. The quantitative estimate of drug-likeness (QED) is 0.212. The first-order chi connectivity index (χ1) is 17.1. The van der Waals surface area contributed by atoms with Gasteiger partial charge in [-0.05, 0) is 55.5 Å². The average Bonchev–Trinajstić information content (AvgIpc) is 2.87. The first-order valence-corrected chi connectivity index (χ1v) is 12.1. The molecule has 0 amide bonds. The van der Waals surface area contributed by atoms with Crippen molar-refractivity contribution in [2.24, 2.45) is 5.10 Å². The number of nitro benzene ring substituents is 1. The number of sulfonamides is 1. The normalized spacial score (nSPS) is 11.5. The van der Waals surface area contributed by atoms with Gasteiger partial charge in [0, 0.05) is 22.3 Å². The second kappa shape index (κ2) is 11.1. The Bertz CT molecular complexity index is 1390. The van der Waals surface area contributed by atoms with Crippen LogP contribution in [0.15, 0.2) is 64.6 Å². The van der Waals surface area contributed by atoms with Gasteiger partial charge in [0.15, 0.2) is 11.5 Å². The van der Waals surface area contributed by atoms with Crippen molar-refractivity contribution in [3.63, 3.8) is 0 Å². The van der Waals surface area contributed by atoms with E-state index in [1.165, 1.54) is 57.7 Å². The molecule has 0 spiro atoms. The van der Waals surface area contributed by atoms with E-state index in [0.717, 1.165) is 6.07 Å². The van der Waals surface area contributed by atoms with Crippen molar-refractivity contribution in [2.75, 3.05) is 31.5 Å². The molecule has 0 aromatic heterocycles. The third kappa shape index (κ3) is 5.96. The molecule has 36 heavy (non-hydrogen) atoms. The molecular weight excluding hydrogens is 512 g/mol. The Kier molecular flexibility index (Phi) is 8.22. The molecule has 0 saturated carbocycles. The lowest BCUT2D eigenvalue weighted by Gasteiger charge is -2.14. The highest BCUT2D eigenvalue weighted by Gasteiger charge is 2.22. The Morgan fingerprint density at radius 1 is 0.972 bits per heavy atom. The number of ether oxygens (including phenoxy) is 3. The molecular formula is C23H23ClN4O7S. The minimum atomic E-state index is -4.10. The van der Waals surface area contributed by atoms with Gasteiger partial charge in [0.05, 0.1) is 36.9 Å². The molecule has 0 bridgehead atoms. The lowest BCUT2D eigenvalue weighted by molar-refractivity contribution is -0.384. The van der Waals surface area contributed by atoms with Gasteiger partial charge >= 0.3 is 0 Å². The largest absolute Gasteiger partial charge is 0.493 e. The molecule has 190 valence electrons. The summed E-state index contributed by atoms with van der Waals surface area (Å²) < 4.78 is 43.8. The summed E-state index contributed by atoms with van der Waals surface area (Å²) >= 11 is 5.82. The summed E-state index contributed by atoms with van der Waals surface area (Å²) in [5, 5.41) is 16.3. The molecule has 3 aromatic rings. The molecule has 0 aliphatic rings. The van der Waals surface area contributed by atoms with Crippen LogP contribution in [-0.2, 0) is 10.0 Å². The minimum absolute atomic E-state index is 0.00256. The van der Waals surface area contributed by atoms with Gasteiger partial charge in [0.25, 0.3) is 15.7 Å². The van der Waals surface area contributed by atoms with Crippen molar-refractivity contribution in [2.45, 2.75) is 11.8 Å². The SMILES string of the molecule is COc1cc(C(C)=NNc2ccc(S(=O)(=O)Nc3ccc(Cl)cc3)cc2[N+](=O)[O-])cc(OC)c1OC. The van der Waals surface area contributed by atoms with Crippen LogP contribution in [0.3, 0.4) is 0 Å². The van der Waals surface area contributed by atoms with E-state index in [2.05, 4.69) is 15.2 Å². The van der Waals surface area contributed by atoms with E-state index in [0.29, 0.717) is 33.5 Å². The Labute approximate surface area is 212 Å². The second-order valence-corrected chi connectivity index (χ2v) is 9.39. The number of nitro groups is 1. The summed E-state index contributed by atoms with van der Waals surface area (Å²) in [6.45, 7) is 1.67. The van der Waals surface area contributed by atoms with Crippen LogP contribution in [0, 0.1) is 10.1 Å².